The van der Waals surface area contributed by atoms with Crippen molar-refractivity contribution in [3.8, 4) is 0 Å². The summed E-state index contributed by atoms with van der Waals surface area (Å²) in [4.78, 5) is 2.48. The molecule has 2 saturated heterocycles. The predicted octanol–water partition coefficient (Wildman–Crippen LogP) is 0.809. The van der Waals surface area contributed by atoms with Crippen LogP contribution in [-0.2, 0) is 13.5 Å². The molecule has 0 spiro atoms. The molecule has 3 atom stereocenters. The Morgan fingerprint density at radius 1 is 1.53 bits per heavy atom. The summed E-state index contributed by atoms with van der Waals surface area (Å²) in [7, 11) is 1.94. The van der Waals surface area contributed by atoms with Gasteiger partial charge in [-0.1, -0.05) is 0 Å². The van der Waals surface area contributed by atoms with Crippen LogP contribution in [0, 0.1) is 5.92 Å². The van der Waals surface area contributed by atoms with E-state index in [2.05, 4.69) is 10.00 Å². The number of nitrogens with zero attached hydrogens (tertiary/aromatic N) is 3. The molecule has 0 radical (unpaired) electrons. The fourth-order valence-corrected chi connectivity index (χ4v) is 3.32. The van der Waals surface area contributed by atoms with Gasteiger partial charge in [0.15, 0.2) is 0 Å². The van der Waals surface area contributed by atoms with Crippen LogP contribution in [0.3, 0.4) is 0 Å². The third-order valence-corrected chi connectivity index (χ3v) is 4.50. The quantitative estimate of drug-likeness (QED) is 0.843. The summed E-state index contributed by atoms with van der Waals surface area (Å²) in [5.74, 6) is 0.493. The molecule has 1 N–H and O–H groups in total. The monoisotopic (exact) mass is 235 g/mol. The lowest BCUT2D eigenvalue weighted by Gasteiger charge is -2.38. The van der Waals surface area contributed by atoms with Crippen molar-refractivity contribution in [2.24, 2.45) is 13.0 Å². The average molecular weight is 235 g/mol. The predicted molar refractivity (Wildman–Crippen MR) is 65.6 cm³/mol. The Kier molecular flexibility index (Phi) is 2.71. The van der Waals surface area contributed by atoms with Gasteiger partial charge in [-0.3, -0.25) is 4.68 Å². The zero-order valence-corrected chi connectivity index (χ0v) is 10.5. The Morgan fingerprint density at radius 2 is 2.41 bits per heavy atom. The zero-order valence-electron chi connectivity index (χ0n) is 10.5. The summed E-state index contributed by atoms with van der Waals surface area (Å²) in [6, 6.07) is 0. The summed E-state index contributed by atoms with van der Waals surface area (Å²) < 4.78 is 1.83. The first kappa shape index (κ1) is 11.2. The van der Waals surface area contributed by atoms with Gasteiger partial charge in [-0.25, -0.2) is 0 Å². The van der Waals surface area contributed by atoms with Crippen LogP contribution in [0.25, 0.3) is 0 Å². The molecule has 94 valence electrons. The summed E-state index contributed by atoms with van der Waals surface area (Å²) in [6.45, 7) is 3.35. The zero-order chi connectivity index (χ0) is 11.9. The molecule has 4 heteroatoms. The lowest BCUT2D eigenvalue weighted by Crippen LogP contribution is -2.46. The third-order valence-electron chi connectivity index (χ3n) is 4.50. The molecule has 0 amide bonds. The van der Waals surface area contributed by atoms with Gasteiger partial charge in [0, 0.05) is 32.3 Å². The molecule has 0 saturated carbocycles. The molecule has 2 bridgehead atoms. The maximum absolute atomic E-state index is 10.8. The number of piperidine rings is 1. The summed E-state index contributed by atoms with van der Waals surface area (Å²) in [5.41, 5.74) is 0.810. The number of hydrogen-bond donors (Lipinski definition) is 1. The van der Waals surface area contributed by atoms with Crippen LogP contribution in [0.1, 0.15) is 24.8 Å². The van der Waals surface area contributed by atoms with Crippen molar-refractivity contribution < 1.29 is 5.11 Å². The molecule has 3 heterocycles. The molecule has 2 fully saturated rings. The van der Waals surface area contributed by atoms with Crippen molar-refractivity contribution in [1.29, 1.82) is 0 Å². The fraction of sp³-hybridized carbons (Fsp3) is 0.769. The number of hydrogen-bond acceptors (Lipinski definition) is 3. The van der Waals surface area contributed by atoms with E-state index >= 15 is 0 Å². The number of aryl methyl sites for hydroxylation is 2. The van der Waals surface area contributed by atoms with Gasteiger partial charge >= 0.3 is 0 Å². The molecule has 0 aromatic carbocycles. The van der Waals surface area contributed by atoms with Gasteiger partial charge in [0.25, 0.3) is 0 Å². The Hall–Kier alpha value is -0.870. The second kappa shape index (κ2) is 4.10. The fourth-order valence-electron chi connectivity index (χ4n) is 3.32. The first-order chi connectivity index (χ1) is 8.16. The second-order valence-corrected chi connectivity index (χ2v) is 5.66. The minimum absolute atomic E-state index is 0.428. The number of fused-ring (bicyclic) bond motifs is 2. The van der Waals surface area contributed by atoms with Gasteiger partial charge < -0.3 is 10.0 Å². The smallest absolute Gasteiger partial charge is 0.0703 e. The Bertz CT molecular complexity index is 403. The molecular weight excluding hydrogens is 214 g/mol. The van der Waals surface area contributed by atoms with Gasteiger partial charge in [-0.2, -0.15) is 5.10 Å². The molecule has 3 rings (SSSR count). The van der Waals surface area contributed by atoms with E-state index in [0.717, 1.165) is 32.4 Å². The van der Waals surface area contributed by atoms with Crippen LogP contribution in [0.5, 0.6) is 0 Å². The summed E-state index contributed by atoms with van der Waals surface area (Å²) in [6.07, 6.45) is 7.90. The van der Waals surface area contributed by atoms with E-state index in [9.17, 15) is 5.11 Å². The highest BCUT2D eigenvalue weighted by Gasteiger charge is 2.44. The first-order valence-corrected chi connectivity index (χ1v) is 6.58. The third kappa shape index (κ3) is 2.11. The number of aromatic nitrogens is 2. The van der Waals surface area contributed by atoms with Crippen LogP contribution in [-0.4, -0.2) is 45.0 Å². The summed E-state index contributed by atoms with van der Waals surface area (Å²) >= 11 is 0. The second-order valence-electron chi connectivity index (χ2n) is 5.66. The van der Waals surface area contributed by atoms with E-state index in [1.165, 1.54) is 18.5 Å². The molecule has 2 aliphatic rings. The minimum atomic E-state index is -0.428. The van der Waals surface area contributed by atoms with Crippen LogP contribution in [0.4, 0.5) is 0 Å². The topological polar surface area (TPSA) is 41.3 Å². The van der Waals surface area contributed by atoms with Gasteiger partial charge in [0.05, 0.1) is 11.8 Å². The molecule has 1 aromatic heterocycles. The van der Waals surface area contributed by atoms with E-state index in [0.29, 0.717) is 5.92 Å². The van der Waals surface area contributed by atoms with Crippen LogP contribution in [0.2, 0.25) is 0 Å². The van der Waals surface area contributed by atoms with Crippen molar-refractivity contribution in [3.05, 3.63) is 18.0 Å². The summed E-state index contributed by atoms with van der Waals surface area (Å²) in [5, 5.41) is 14.9. The van der Waals surface area contributed by atoms with Crippen LogP contribution in [0.15, 0.2) is 12.4 Å². The molecule has 0 aliphatic carbocycles. The van der Waals surface area contributed by atoms with Gasteiger partial charge in [0.1, 0.15) is 0 Å². The first-order valence-electron chi connectivity index (χ1n) is 6.58. The van der Waals surface area contributed by atoms with Crippen molar-refractivity contribution in [2.45, 2.75) is 31.3 Å². The highest BCUT2D eigenvalue weighted by atomic mass is 16.3. The van der Waals surface area contributed by atoms with Crippen LogP contribution < -0.4 is 0 Å². The van der Waals surface area contributed by atoms with E-state index < -0.39 is 5.60 Å². The SMILES string of the molecule is Cn1cc(CCC2(O)CCN3CCC2C3)cn1. The Balaban J connectivity index is 1.63. The Labute approximate surface area is 102 Å². The standard InChI is InChI=1S/C13H21N3O/c1-15-9-11(8-14-15)2-4-13(17)5-7-16-6-3-12(13)10-16/h8-9,12,17H,2-7,10H2,1H3. The highest BCUT2D eigenvalue weighted by Crippen LogP contribution is 2.38. The van der Waals surface area contributed by atoms with E-state index in [-0.39, 0.29) is 0 Å². The van der Waals surface area contributed by atoms with Crippen molar-refractivity contribution in [3.63, 3.8) is 0 Å². The molecule has 2 aliphatic heterocycles. The van der Waals surface area contributed by atoms with Gasteiger partial charge in [-0.05, 0) is 37.8 Å². The highest BCUT2D eigenvalue weighted by molar-refractivity contribution is 5.06. The molecule has 1 aromatic rings. The largest absolute Gasteiger partial charge is 0.389 e. The van der Waals surface area contributed by atoms with Crippen LogP contribution >= 0.6 is 0 Å². The van der Waals surface area contributed by atoms with Crippen molar-refractivity contribution >= 4 is 0 Å². The van der Waals surface area contributed by atoms with Gasteiger partial charge in [0.2, 0.25) is 0 Å². The molecule has 4 nitrogen and oxygen atoms in total. The molecule has 17 heavy (non-hydrogen) atoms. The molecular formula is C13H21N3O. The number of rotatable bonds is 3. The Morgan fingerprint density at radius 3 is 3.18 bits per heavy atom. The van der Waals surface area contributed by atoms with Crippen molar-refractivity contribution in [2.75, 3.05) is 19.6 Å². The molecule has 3 unspecified atom stereocenters. The normalized spacial score (nSPS) is 36.4. The lowest BCUT2D eigenvalue weighted by molar-refractivity contribution is -0.0506. The van der Waals surface area contributed by atoms with Gasteiger partial charge in [-0.15, -0.1) is 0 Å². The minimum Gasteiger partial charge on any atom is -0.389 e. The van der Waals surface area contributed by atoms with E-state index in [1.54, 1.807) is 0 Å². The van der Waals surface area contributed by atoms with Crippen molar-refractivity contribution in [1.82, 2.24) is 14.7 Å². The number of aliphatic hydroxyl groups is 1. The van der Waals surface area contributed by atoms with E-state index in [4.69, 9.17) is 0 Å². The maximum atomic E-state index is 10.8. The maximum Gasteiger partial charge on any atom is 0.0703 e. The van der Waals surface area contributed by atoms with E-state index in [1.807, 2.05) is 24.1 Å². The lowest BCUT2D eigenvalue weighted by atomic mass is 9.78. The average Bonchev–Trinajstić information content (AvgIpc) is 2.90.